The SMILES string of the molecule is CSC(=C1CCCC1=O)C(C)(C)C. The highest BCUT2D eigenvalue weighted by Crippen LogP contribution is 2.39. The number of carbonyl (C=O) groups is 1. The number of allylic oxidation sites excluding steroid dienone is 2. The molecule has 0 N–H and O–H groups in total. The topological polar surface area (TPSA) is 17.1 Å². The van der Waals surface area contributed by atoms with Crippen LogP contribution in [0.1, 0.15) is 40.0 Å². The van der Waals surface area contributed by atoms with Gasteiger partial charge in [-0.3, -0.25) is 4.79 Å². The zero-order chi connectivity index (χ0) is 10.1. The molecule has 0 bridgehead atoms. The molecule has 0 aliphatic heterocycles. The van der Waals surface area contributed by atoms with Crippen molar-refractivity contribution in [2.24, 2.45) is 5.41 Å². The first kappa shape index (κ1) is 10.8. The summed E-state index contributed by atoms with van der Waals surface area (Å²) in [5, 5.41) is 0. The molecule has 1 aliphatic rings. The van der Waals surface area contributed by atoms with Crippen molar-refractivity contribution in [3.05, 3.63) is 10.5 Å². The van der Waals surface area contributed by atoms with Gasteiger partial charge in [0.2, 0.25) is 0 Å². The van der Waals surface area contributed by atoms with Gasteiger partial charge in [-0.25, -0.2) is 0 Å². The summed E-state index contributed by atoms with van der Waals surface area (Å²) in [6.45, 7) is 6.53. The fourth-order valence-corrected chi connectivity index (χ4v) is 2.91. The van der Waals surface area contributed by atoms with Crippen molar-refractivity contribution in [2.75, 3.05) is 6.26 Å². The van der Waals surface area contributed by atoms with Gasteiger partial charge in [0.05, 0.1) is 0 Å². The molecule has 0 spiro atoms. The van der Waals surface area contributed by atoms with Crippen LogP contribution in [0.25, 0.3) is 0 Å². The molecular weight excluding hydrogens is 180 g/mol. The molecule has 0 aromatic rings. The van der Waals surface area contributed by atoms with E-state index in [1.807, 2.05) is 0 Å². The molecule has 0 saturated heterocycles. The maximum Gasteiger partial charge on any atom is 0.159 e. The van der Waals surface area contributed by atoms with Gasteiger partial charge in [-0.2, -0.15) is 0 Å². The summed E-state index contributed by atoms with van der Waals surface area (Å²) in [6.07, 6.45) is 4.87. The van der Waals surface area contributed by atoms with Crippen molar-refractivity contribution in [2.45, 2.75) is 40.0 Å². The average Bonchev–Trinajstić information content (AvgIpc) is 2.35. The lowest BCUT2D eigenvalue weighted by molar-refractivity contribution is -0.114. The van der Waals surface area contributed by atoms with Crippen LogP contribution >= 0.6 is 11.8 Å². The van der Waals surface area contributed by atoms with E-state index in [1.54, 1.807) is 11.8 Å². The van der Waals surface area contributed by atoms with Crippen molar-refractivity contribution in [1.82, 2.24) is 0 Å². The van der Waals surface area contributed by atoms with Crippen molar-refractivity contribution in [1.29, 1.82) is 0 Å². The first-order valence-corrected chi connectivity index (χ1v) is 6.00. The second-order valence-corrected chi connectivity index (χ2v) is 5.36. The Hall–Kier alpha value is -0.240. The monoisotopic (exact) mass is 198 g/mol. The van der Waals surface area contributed by atoms with Crippen LogP contribution in [0, 0.1) is 5.41 Å². The van der Waals surface area contributed by atoms with E-state index in [9.17, 15) is 4.79 Å². The van der Waals surface area contributed by atoms with Crippen LogP contribution in [0.3, 0.4) is 0 Å². The number of hydrogen-bond donors (Lipinski definition) is 0. The summed E-state index contributed by atoms with van der Waals surface area (Å²) in [7, 11) is 0. The Bertz CT molecular complexity index is 245. The Morgan fingerprint density at radius 1 is 1.31 bits per heavy atom. The Kier molecular flexibility index (Phi) is 3.23. The normalized spacial score (nSPS) is 22.3. The van der Waals surface area contributed by atoms with Crippen molar-refractivity contribution in [3.63, 3.8) is 0 Å². The summed E-state index contributed by atoms with van der Waals surface area (Å²) in [5.74, 6) is 0.374. The quantitative estimate of drug-likeness (QED) is 0.601. The first-order valence-electron chi connectivity index (χ1n) is 4.77. The smallest absolute Gasteiger partial charge is 0.159 e. The standard InChI is InChI=1S/C11H18OS/c1-11(2,3)10(13-4)8-6-5-7-9(8)12/h5-7H2,1-4H3. The van der Waals surface area contributed by atoms with Crippen molar-refractivity contribution >= 4 is 17.5 Å². The van der Waals surface area contributed by atoms with E-state index >= 15 is 0 Å². The summed E-state index contributed by atoms with van der Waals surface area (Å²) in [5.41, 5.74) is 1.23. The number of hydrogen-bond acceptors (Lipinski definition) is 2. The second-order valence-electron chi connectivity index (χ2n) is 4.54. The zero-order valence-electron chi connectivity index (χ0n) is 8.94. The number of rotatable bonds is 1. The average molecular weight is 198 g/mol. The van der Waals surface area contributed by atoms with Gasteiger partial charge in [0.25, 0.3) is 0 Å². The predicted octanol–water partition coefficient (Wildman–Crippen LogP) is 3.40. The molecule has 0 heterocycles. The third-order valence-electron chi connectivity index (χ3n) is 2.33. The number of Topliss-reactive ketones (excluding diaryl/α,β-unsaturated/α-hetero) is 1. The van der Waals surface area contributed by atoms with Gasteiger partial charge in [0, 0.05) is 12.0 Å². The number of carbonyl (C=O) groups excluding carboxylic acids is 1. The Morgan fingerprint density at radius 3 is 2.23 bits per heavy atom. The van der Waals surface area contributed by atoms with Gasteiger partial charge in [-0.05, 0) is 29.4 Å². The minimum atomic E-state index is 0.134. The lowest BCUT2D eigenvalue weighted by Gasteiger charge is -2.23. The molecule has 2 heteroatoms. The summed E-state index contributed by atoms with van der Waals surface area (Å²) >= 11 is 1.74. The molecule has 13 heavy (non-hydrogen) atoms. The molecule has 0 atom stereocenters. The van der Waals surface area contributed by atoms with Gasteiger partial charge in [-0.15, -0.1) is 11.8 Å². The van der Waals surface area contributed by atoms with E-state index in [2.05, 4.69) is 27.0 Å². The highest BCUT2D eigenvalue weighted by atomic mass is 32.2. The number of ketones is 1. The second kappa shape index (κ2) is 3.87. The Balaban J connectivity index is 3.04. The van der Waals surface area contributed by atoms with Crippen LogP contribution in [0.5, 0.6) is 0 Å². The molecule has 1 fully saturated rings. The van der Waals surface area contributed by atoms with Gasteiger partial charge in [-0.1, -0.05) is 20.8 Å². The Labute approximate surface area is 85.0 Å². The molecular formula is C11H18OS. The third kappa shape index (κ3) is 2.37. The van der Waals surface area contributed by atoms with Gasteiger partial charge in [0.1, 0.15) is 0 Å². The molecule has 0 amide bonds. The van der Waals surface area contributed by atoms with Crippen LogP contribution in [-0.4, -0.2) is 12.0 Å². The van der Waals surface area contributed by atoms with E-state index in [0.29, 0.717) is 5.78 Å². The van der Waals surface area contributed by atoms with Crippen LogP contribution in [0.2, 0.25) is 0 Å². The molecule has 1 saturated carbocycles. The molecule has 0 aromatic carbocycles. The molecule has 1 aliphatic carbocycles. The molecule has 0 unspecified atom stereocenters. The van der Waals surface area contributed by atoms with E-state index in [0.717, 1.165) is 24.8 Å². The first-order chi connectivity index (χ1) is 5.96. The summed E-state index contributed by atoms with van der Waals surface area (Å²) < 4.78 is 0. The fourth-order valence-electron chi connectivity index (χ4n) is 1.84. The Morgan fingerprint density at radius 2 is 1.92 bits per heavy atom. The summed E-state index contributed by atoms with van der Waals surface area (Å²) in [4.78, 5) is 12.8. The highest BCUT2D eigenvalue weighted by molar-refractivity contribution is 8.02. The minimum Gasteiger partial charge on any atom is -0.295 e. The van der Waals surface area contributed by atoms with Gasteiger partial charge in [0.15, 0.2) is 5.78 Å². The lowest BCUT2D eigenvalue weighted by Crippen LogP contribution is -2.11. The van der Waals surface area contributed by atoms with Crippen molar-refractivity contribution in [3.8, 4) is 0 Å². The zero-order valence-corrected chi connectivity index (χ0v) is 9.75. The molecule has 0 radical (unpaired) electrons. The molecule has 0 aromatic heterocycles. The predicted molar refractivity (Wildman–Crippen MR) is 58.9 cm³/mol. The maximum absolute atomic E-state index is 11.6. The maximum atomic E-state index is 11.6. The molecule has 74 valence electrons. The van der Waals surface area contributed by atoms with E-state index < -0.39 is 0 Å². The van der Waals surface area contributed by atoms with Crippen LogP contribution < -0.4 is 0 Å². The van der Waals surface area contributed by atoms with E-state index in [1.165, 1.54) is 4.91 Å². The van der Waals surface area contributed by atoms with Gasteiger partial charge < -0.3 is 0 Å². The van der Waals surface area contributed by atoms with E-state index in [4.69, 9.17) is 0 Å². The third-order valence-corrected chi connectivity index (χ3v) is 3.59. The van der Waals surface area contributed by atoms with Crippen LogP contribution in [0.4, 0.5) is 0 Å². The van der Waals surface area contributed by atoms with Crippen LogP contribution in [-0.2, 0) is 4.79 Å². The summed E-state index contributed by atoms with van der Waals surface area (Å²) in [6, 6.07) is 0. The minimum absolute atomic E-state index is 0.134. The lowest BCUT2D eigenvalue weighted by atomic mass is 9.92. The fraction of sp³-hybridized carbons (Fsp3) is 0.727. The largest absolute Gasteiger partial charge is 0.295 e. The number of thioether (sulfide) groups is 1. The van der Waals surface area contributed by atoms with Crippen LogP contribution in [0.15, 0.2) is 10.5 Å². The molecule has 1 nitrogen and oxygen atoms in total. The van der Waals surface area contributed by atoms with Gasteiger partial charge >= 0.3 is 0 Å². The molecule has 1 rings (SSSR count). The van der Waals surface area contributed by atoms with E-state index in [-0.39, 0.29) is 5.41 Å². The highest BCUT2D eigenvalue weighted by Gasteiger charge is 2.27. The van der Waals surface area contributed by atoms with Crippen molar-refractivity contribution < 1.29 is 4.79 Å².